The highest BCUT2D eigenvalue weighted by Crippen LogP contribution is 2.25. The number of carbonyl (C=O) groups is 1. The van der Waals surface area contributed by atoms with Gasteiger partial charge in [0.15, 0.2) is 0 Å². The molecule has 1 atom stereocenters. The molecule has 0 aromatic carbocycles. The standard InChI is InChI=1S/C16H22N4O2/c1-10(2)14-13-6-12(8-18-15(13)22-19-14)16(21)20-5-4-11(9-20)7-17-3/h6,8,10-11,17H,4-5,7,9H2,1-3H3/t11-/m1/s1. The fourth-order valence-corrected chi connectivity index (χ4v) is 3.04. The van der Waals surface area contributed by atoms with Gasteiger partial charge in [-0.2, -0.15) is 0 Å². The summed E-state index contributed by atoms with van der Waals surface area (Å²) in [4.78, 5) is 18.8. The summed E-state index contributed by atoms with van der Waals surface area (Å²) in [7, 11) is 1.95. The Bertz CT molecular complexity index is 680. The van der Waals surface area contributed by atoms with Gasteiger partial charge in [-0.25, -0.2) is 4.98 Å². The van der Waals surface area contributed by atoms with Crippen LogP contribution in [0.5, 0.6) is 0 Å². The quantitative estimate of drug-likeness (QED) is 0.935. The second kappa shape index (κ2) is 6.04. The monoisotopic (exact) mass is 302 g/mol. The van der Waals surface area contributed by atoms with Crippen molar-refractivity contribution in [3.05, 3.63) is 23.5 Å². The summed E-state index contributed by atoms with van der Waals surface area (Å²) in [5, 5.41) is 8.08. The topological polar surface area (TPSA) is 71.3 Å². The van der Waals surface area contributed by atoms with E-state index in [0.29, 0.717) is 17.2 Å². The Balaban J connectivity index is 1.84. The van der Waals surface area contributed by atoms with Crippen molar-refractivity contribution in [2.24, 2.45) is 5.92 Å². The molecule has 6 nitrogen and oxygen atoms in total. The fraction of sp³-hybridized carbons (Fsp3) is 0.562. The minimum absolute atomic E-state index is 0.0453. The van der Waals surface area contributed by atoms with E-state index < -0.39 is 0 Å². The van der Waals surface area contributed by atoms with E-state index in [1.54, 1.807) is 6.20 Å². The number of hydrogen-bond donors (Lipinski definition) is 1. The number of rotatable bonds is 4. The summed E-state index contributed by atoms with van der Waals surface area (Å²) in [6.07, 6.45) is 2.64. The van der Waals surface area contributed by atoms with Crippen LogP contribution in [-0.2, 0) is 0 Å². The van der Waals surface area contributed by atoms with Gasteiger partial charge in [-0.05, 0) is 37.9 Å². The van der Waals surface area contributed by atoms with Gasteiger partial charge < -0.3 is 14.7 Å². The van der Waals surface area contributed by atoms with Gasteiger partial charge in [-0.1, -0.05) is 19.0 Å². The van der Waals surface area contributed by atoms with Crippen LogP contribution in [0.1, 0.15) is 42.2 Å². The summed E-state index contributed by atoms with van der Waals surface area (Å²) in [6.45, 7) is 6.66. The maximum atomic E-state index is 12.7. The first kappa shape index (κ1) is 15.0. The fourth-order valence-electron chi connectivity index (χ4n) is 3.04. The molecule has 3 rings (SSSR count). The van der Waals surface area contributed by atoms with Crippen molar-refractivity contribution in [1.29, 1.82) is 0 Å². The molecule has 1 N–H and O–H groups in total. The van der Waals surface area contributed by atoms with Crippen molar-refractivity contribution < 1.29 is 9.32 Å². The molecule has 0 unspecified atom stereocenters. The van der Waals surface area contributed by atoms with Crippen molar-refractivity contribution >= 4 is 17.0 Å². The number of likely N-dealkylation sites (tertiary alicyclic amines) is 1. The highest BCUT2D eigenvalue weighted by atomic mass is 16.5. The largest absolute Gasteiger partial charge is 0.338 e. The third-order valence-corrected chi connectivity index (χ3v) is 4.22. The molecule has 6 heteroatoms. The SMILES string of the molecule is CNC[C@H]1CCN(C(=O)c2cnc3onc(C(C)C)c3c2)C1. The Kier molecular flexibility index (Phi) is 4.11. The third-order valence-electron chi connectivity index (χ3n) is 4.22. The zero-order valence-corrected chi connectivity index (χ0v) is 13.3. The Morgan fingerprint density at radius 1 is 1.55 bits per heavy atom. The lowest BCUT2D eigenvalue weighted by molar-refractivity contribution is 0.0787. The van der Waals surface area contributed by atoms with Crippen molar-refractivity contribution in [2.45, 2.75) is 26.2 Å². The van der Waals surface area contributed by atoms with Gasteiger partial charge in [0, 0.05) is 19.3 Å². The smallest absolute Gasteiger partial charge is 0.257 e. The molecule has 1 saturated heterocycles. The van der Waals surface area contributed by atoms with Gasteiger partial charge in [0.25, 0.3) is 11.6 Å². The van der Waals surface area contributed by atoms with Gasteiger partial charge in [-0.15, -0.1) is 0 Å². The molecule has 3 heterocycles. The molecule has 2 aromatic rings. The number of pyridine rings is 1. The van der Waals surface area contributed by atoms with E-state index in [4.69, 9.17) is 4.52 Å². The first-order chi connectivity index (χ1) is 10.6. The summed E-state index contributed by atoms with van der Waals surface area (Å²) in [5.41, 5.74) is 1.96. The van der Waals surface area contributed by atoms with E-state index in [2.05, 4.69) is 29.3 Å². The molecule has 1 amide bonds. The zero-order valence-electron chi connectivity index (χ0n) is 13.3. The van der Waals surface area contributed by atoms with Crippen LogP contribution in [0.4, 0.5) is 0 Å². The third kappa shape index (κ3) is 2.70. The van der Waals surface area contributed by atoms with Crippen LogP contribution in [0, 0.1) is 5.92 Å². The van der Waals surface area contributed by atoms with E-state index in [-0.39, 0.29) is 11.8 Å². The maximum absolute atomic E-state index is 12.7. The Morgan fingerprint density at radius 2 is 2.36 bits per heavy atom. The molecule has 1 aliphatic heterocycles. The number of nitrogens with one attached hydrogen (secondary N) is 1. The van der Waals surface area contributed by atoms with Crippen LogP contribution in [0.2, 0.25) is 0 Å². The van der Waals surface area contributed by atoms with Crippen LogP contribution < -0.4 is 5.32 Å². The van der Waals surface area contributed by atoms with E-state index in [1.807, 2.05) is 18.0 Å². The number of carbonyl (C=O) groups excluding carboxylic acids is 1. The van der Waals surface area contributed by atoms with Crippen LogP contribution >= 0.6 is 0 Å². The van der Waals surface area contributed by atoms with Crippen LogP contribution in [0.25, 0.3) is 11.1 Å². The first-order valence-electron chi connectivity index (χ1n) is 7.79. The molecule has 1 aliphatic rings. The number of amides is 1. The van der Waals surface area contributed by atoms with Crippen molar-refractivity contribution in [1.82, 2.24) is 20.4 Å². The number of fused-ring (bicyclic) bond motifs is 1. The molecule has 1 fully saturated rings. The summed E-state index contributed by atoms with van der Waals surface area (Å²) >= 11 is 0. The van der Waals surface area contributed by atoms with Crippen LogP contribution in [-0.4, -0.2) is 47.6 Å². The Morgan fingerprint density at radius 3 is 3.09 bits per heavy atom. The minimum atomic E-state index is 0.0453. The highest BCUT2D eigenvalue weighted by molar-refractivity contribution is 5.97. The van der Waals surface area contributed by atoms with Gasteiger partial charge >= 0.3 is 0 Å². The molecule has 0 spiro atoms. The van der Waals surface area contributed by atoms with E-state index in [1.165, 1.54) is 0 Å². The number of aromatic nitrogens is 2. The Labute approximate surface area is 129 Å². The molecule has 0 saturated carbocycles. The molecule has 0 aliphatic carbocycles. The summed E-state index contributed by atoms with van der Waals surface area (Å²) < 4.78 is 5.23. The van der Waals surface area contributed by atoms with Crippen molar-refractivity contribution in [2.75, 3.05) is 26.7 Å². The Hall–Kier alpha value is -1.95. The molecular weight excluding hydrogens is 280 g/mol. The second-order valence-electron chi connectivity index (χ2n) is 6.26. The highest BCUT2D eigenvalue weighted by Gasteiger charge is 2.27. The minimum Gasteiger partial charge on any atom is -0.338 e. The molecule has 118 valence electrons. The normalized spacial score (nSPS) is 18.5. The molecule has 2 aromatic heterocycles. The second-order valence-corrected chi connectivity index (χ2v) is 6.26. The number of hydrogen-bond acceptors (Lipinski definition) is 5. The van der Waals surface area contributed by atoms with E-state index in [9.17, 15) is 4.79 Å². The van der Waals surface area contributed by atoms with Gasteiger partial charge in [0.1, 0.15) is 0 Å². The van der Waals surface area contributed by atoms with Crippen molar-refractivity contribution in [3.63, 3.8) is 0 Å². The number of nitrogens with zero attached hydrogens (tertiary/aromatic N) is 3. The van der Waals surface area contributed by atoms with E-state index >= 15 is 0 Å². The lowest BCUT2D eigenvalue weighted by Crippen LogP contribution is -2.30. The first-order valence-corrected chi connectivity index (χ1v) is 7.79. The predicted molar refractivity (Wildman–Crippen MR) is 83.8 cm³/mol. The summed E-state index contributed by atoms with van der Waals surface area (Å²) in [6, 6.07) is 1.86. The van der Waals surface area contributed by atoms with Crippen LogP contribution in [0.15, 0.2) is 16.8 Å². The lowest BCUT2D eigenvalue weighted by Gasteiger charge is -2.16. The maximum Gasteiger partial charge on any atom is 0.257 e. The molecular formula is C16H22N4O2. The lowest BCUT2D eigenvalue weighted by atomic mass is 10.1. The molecule has 0 radical (unpaired) electrons. The molecule has 0 bridgehead atoms. The summed E-state index contributed by atoms with van der Waals surface area (Å²) in [5.74, 6) is 0.816. The van der Waals surface area contributed by atoms with Crippen molar-refractivity contribution in [3.8, 4) is 0 Å². The zero-order chi connectivity index (χ0) is 15.7. The average Bonchev–Trinajstić information content (AvgIpc) is 3.12. The predicted octanol–water partition coefficient (Wildman–Crippen LogP) is 2.03. The van der Waals surface area contributed by atoms with Crippen LogP contribution in [0.3, 0.4) is 0 Å². The van der Waals surface area contributed by atoms with Gasteiger partial charge in [-0.3, -0.25) is 4.79 Å². The van der Waals surface area contributed by atoms with Gasteiger partial charge in [0.2, 0.25) is 0 Å². The van der Waals surface area contributed by atoms with Gasteiger partial charge in [0.05, 0.1) is 16.6 Å². The molecule has 22 heavy (non-hydrogen) atoms. The average molecular weight is 302 g/mol. The van der Waals surface area contributed by atoms with E-state index in [0.717, 1.165) is 37.1 Å².